The number of carboxylic acid groups (broad SMARTS) is 1. The van der Waals surface area contributed by atoms with Crippen LogP contribution in [0.3, 0.4) is 0 Å². The summed E-state index contributed by atoms with van der Waals surface area (Å²) in [5.41, 5.74) is 1.77. The van der Waals surface area contributed by atoms with Crippen LogP contribution in [0.25, 0.3) is 0 Å². The van der Waals surface area contributed by atoms with E-state index < -0.39 is 5.97 Å². The van der Waals surface area contributed by atoms with E-state index in [4.69, 9.17) is 5.11 Å². The van der Waals surface area contributed by atoms with E-state index in [2.05, 4.69) is 15.5 Å². The van der Waals surface area contributed by atoms with Gasteiger partial charge in [-0.1, -0.05) is 12.1 Å². The zero-order chi connectivity index (χ0) is 12.3. The van der Waals surface area contributed by atoms with Gasteiger partial charge in [0.1, 0.15) is 0 Å². The third-order valence-corrected chi connectivity index (χ3v) is 2.52. The van der Waals surface area contributed by atoms with Crippen molar-refractivity contribution >= 4 is 11.7 Å². The van der Waals surface area contributed by atoms with Crippen LogP contribution in [0.2, 0.25) is 0 Å². The summed E-state index contributed by atoms with van der Waals surface area (Å²) in [6.07, 6.45) is 1.66. The first-order valence-corrected chi connectivity index (χ1v) is 5.26. The van der Waals surface area contributed by atoms with Crippen LogP contribution in [0.1, 0.15) is 29.0 Å². The smallest absolute Gasteiger partial charge is 0.337 e. The molecule has 88 valence electrons. The highest BCUT2D eigenvalue weighted by molar-refractivity contribution is 5.94. The first kappa shape index (κ1) is 11.2. The van der Waals surface area contributed by atoms with Crippen molar-refractivity contribution in [2.24, 2.45) is 0 Å². The number of aromatic nitrogens is 2. The maximum absolute atomic E-state index is 11.0. The average Bonchev–Trinajstić information content (AvgIpc) is 2.83. The summed E-state index contributed by atoms with van der Waals surface area (Å²) in [6, 6.07) is 8.64. The molecule has 0 aliphatic carbocycles. The second kappa shape index (κ2) is 4.69. The minimum Gasteiger partial charge on any atom is -0.478 e. The predicted molar refractivity (Wildman–Crippen MR) is 64.0 cm³/mol. The minimum atomic E-state index is -0.940. The molecule has 0 bridgehead atoms. The van der Waals surface area contributed by atoms with Gasteiger partial charge in [-0.05, 0) is 25.1 Å². The van der Waals surface area contributed by atoms with Gasteiger partial charge < -0.3 is 10.4 Å². The monoisotopic (exact) mass is 231 g/mol. The van der Waals surface area contributed by atoms with E-state index in [-0.39, 0.29) is 11.6 Å². The van der Waals surface area contributed by atoms with E-state index in [1.54, 1.807) is 30.5 Å². The number of nitrogens with one attached hydrogen (secondary N) is 2. The molecular formula is C12H13N3O2. The van der Waals surface area contributed by atoms with Gasteiger partial charge in [0.2, 0.25) is 0 Å². The van der Waals surface area contributed by atoms with Gasteiger partial charge in [-0.3, -0.25) is 5.10 Å². The molecule has 0 fully saturated rings. The second-order valence-electron chi connectivity index (χ2n) is 3.73. The Labute approximate surface area is 98.5 Å². The van der Waals surface area contributed by atoms with Gasteiger partial charge in [-0.25, -0.2) is 4.79 Å². The van der Waals surface area contributed by atoms with Gasteiger partial charge in [0.25, 0.3) is 0 Å². The maximum atomic E-state index is 11.0. The largest absolute Gasteiger partial charge is 0.478 e. The molecular weight excluding hydrogens is 218 g/mol. The van der Waals surface area contributed by atoms with Crippen LogP contribution in [-0.2, 0) is 0 Å². The summed E-state index contributed by atoms with van der Waals surface area (Å²) >= 11 is 0. The Morgan fingerprint density at radius 2 is 2.18 bits per heavy atom. The summed E-state index contributed by atoms with van der Waals surface area (Å²) < 4.78 is 0. The topological polar surface area (TPSA) is 78.0 Å². The van der Waals surface area contributed by atoms with Gasteiger partial charge >= 0.3 is 5.97 Å². The van der Waals surface area contributed by atoms with E-state index in [0.717, 1.165) is 5.69 Å². The highest BCUT2D eigenvalue weighted by Gasteiger charge is 2.12. The fourth-order valence-electron chi connectivity index (χ4n) is 1.61. The average molecular weight is 231 g/mol. The Kier molecular flexibility index (Phi) is 3.09. The van der Waals surface area contributed by atoms with Crippen LogP contribution >= 0.6 is 0 Å². The van der Waals surface area contributed by atoms with E-state index in [1.165, 1.54) is 0 Å². The third kappa shape index (κ3) is 2.44. The Morgan fingerprint density at radius 1 is 1.41 bits per heavy atom. The normalized spacial score (nSPS) is 12.1. The lowest BCUT2D eigenvalue weighted by atomic mass is 10.1. The van der Waals surface area contributed by atoms with E-state index >= 15 is 0 Å². The number of anilines is 1. The van der Waals surface area contributed by atoms with Crippen molar-refractivity contribution in [2.75, 3.05) is 5.32 Å². The number of aromatic amines is 1. The Morgan fingerprint density at radius 3 is 2.82 bits per heavy atom. The summed E-state index contributed by atoms with van der Waals surface area (Å²) in [5.74, 6) is -0.940. The van der Waals surface area contributed by atoms with Crippen molar-refractivity contribution in [1.82, 2.24) is 10.2 Å². The zero-order valence-corrected chi connectivity index (χ0v) is 9.34. The van der Waals surface area contributed by atoms with Crippen molar-refractivity contribution in [3.8, 4) is 0 Å². The van der Waals surface area contributed by atoms with Crippen molar-refractivity contribution in [2.45, 2.75) is 13.0 Å². The number of carboxylic acids is 1. The molecule has 5 heteroatoms. The first-order valence-electron chi connectivity index (χ1n) is 5.26. The van der Waals surface area contributed by atoms with Crippen LogP contribution in [0.15, 0.2) is 36.5 Å². The van der Waals surface area contributed by atoms with Crippen LogP contribution < -0.4 is 5.32 Å². The van der Waals surface area contributed by atoms with Crippen molar-refractivity contribution in [3.63, 3.8) is 0 Å². The fourth-order valence-corrected chi connectivity index (χ4v) is 1.61. The molecule has 0 saturated carbocycles. The molecule has 0 radical (unpaired) electrons. The molecule has 0 amide bonds. The van der Waals surface area contributed by atoms with Gasteiger partial charge in [0.05, 0.1) is 17.3 Å². The summed E-state index contributed by atoms with van der Waals surface area (Å²) in [7, 11) is 0. The molecule has 1 aromatic carbocycles. The Balaban J connectivity index is 2.21. The lowest BCUT2D eigenvalue weighted by Gasteiger charge is -2.15. The number of nitrogens with zero attached hydrogens (tertiary/aromatic N) is 1. The standard InChI is InChI=1S/C12H13N3O2/c1-8(10-6-7-13-15-10)14-11-5-3-2-4-9(11)12(16)17/h2-8,14H,1H3,(H,13,15)(H,16,17). The third-order valence-electron chi connectivity index (χ3n) is 2.52. The number of H-pyrrole nitrogens is 1. The van der Waals surface area contributed by atoms with Gasteiger partial charge in [-0.15, -0.1) is 0 Å². The number of hydrogen-bond donors (Lipinski definition) is 3. The molecule has 0 spiro atoms. The molecule has 1 aromatic heterocycles. The number of benzene rings is 1. The molecule has 1 unspecified atom stereocenters. The lowest BCUT2D eigenvalue weighted by Crippen LogP contribution is -2.10. The summed E-state index contributed by atoms with van der Waals surface area (Å²) in [4.78, 5) is 11.0. The quantitative estimate of drug-likeness (QED) is 0.754. The molecule has 1 atom stereocenters. The van der Waals surface area contributed by atoms with E-state index in [9.17, 15) is 4.79 Å². The zero-order valence-electron chi connectivity index (χ0n) is 9.34. The summed E-state index contributed by atoms with van der Waals surface area (Å²) in [5, 5.41) is 18.9. The highest BCUT2D eigenvalue weighted by atomic mass is 16.4. The number of rotatable bonds is 4. The van der Waals surface area contributed by atoms with E-state index in [0.29, 0.717) is 5.69 Å². The molecule has 17 heavy (non-hydrogen) atoms. The molecule has 0 saturated heterocycles. The molecule has 1 heterocycles. The second-order valence-corrected chi connectivity index (χ2v) is 3.73. The van der Waals surface area contributed by atoms with Crippen molar-refractivity contribution < 1.29 is 9.90 Å². The predicted octanol–water partition coefficient (Wildman–Crippen LogP) is 2.28. The fraction of sp³-hybridized carbons (Fsp3) is 0.167. The molecule has 0 aliphatic rings. The molecule has 2 aromatic rings. The van der Waals surface area contributed by atoms with Crippen molar-refractivity contribution in [3.05, 3.63) is 47.8 Å². The van der Waals surface area contributed by atoms with Crippen LogP contribution in [-0.4, -0.2) is 21.3 Å². The van der Waals surface area contributed by atoms with Crippen LogP contribution in [0.4, 0.5) is 5.69 Å². The molecule has 0 aliphatic heterocycles. The van der Waals surface area contributed by atoms with E-state index in [1.807, 2.05) is 13.0 Å². The van der Waals surface area contributed by atoms with Gasteiger partial charge in [0.15, 0.2) is 0 Å². The Hall–Kier alpha value is -2.30. The highest BCUT2D eigenvalue weighted by Crippen LogP contribution is 2.21. The molecule has 5 nitrogen and oxygen atoms in total. The van der Waals surface area contributed by atoms with Gasteiger partial charge in [-0.2, -0.15) is 5.10 Å². The number of hydrogen-bond acceptors (Lipinski definition) is 3. The lowest BCUT2D eigenvalue weighted by molar-refractivity contribution is 0.0698. The van der Waals surface area contributed by atoms with Gasteiger partial charge in [0, 0.05) is 11.9 Å². The number of aromatic carboxylic acids is 1. The SMILES string of the molecule is CC(Nc1ccccc1C(=O)O)c1ccn[nH]1. The molecule has 2 rings (SSSR count). The van der Waals surface area contributed by atoms with Crippen LogP contribution in [0, 0.1) is 0 Å². The molecule has 3 N–H and O–H groups in total. The Bertz CT molecular complexity index is 508. The maximum Gasteiger partial charge on any atom is 0.337 e. The number of para-hydroxylation sites is 1. The number of carbonyl (C=O) groups is 1. The van der Waals surface area contributed by atoms with Crippen molar-refractivity contribution in [1.29, 1.82) is 0 Å². The summed E-state index contributed by atoms with van der Waals surface area (Å²) in [6.45, 7) is 1.94. The first-order chi connectivity index (χ1) is 8.18. The van der Waals surface area contributed by atoms with Crippen LogP contribution in [0.5, 0.6) is 0 Å². The minimum absolute atomic E-state index is 0.0296.